The average Bonchev–Trinajstić information content (AvgIpc) is 0.811. The van der Waals surface area contributed by atoms with Gasteiger partial charge in [0.1, 0.15) is 0 Å². The summed E-state index contributed by atoms with van der Waals surface area (Å²) in [7, 11) is 0. The van der Waals surface area contributed by atoms with Gasteiger partial charge in [0.15, 0.2) is 0 Å². The first-order valence-corrected chi connectivity index (χ1v) is 0.612. The average molecular weight is 160 g/mol. The smallest absolute Gasteiger partial charge is 0.652 e. The molecule has 0 bridgehead atoms. The van der Waals surface area contributed by atoms with Gasteiger partial charge >= 0.3 is 59.1 Å². The second-order valence-electron chi connectivity index (χ2n) is 0.250. The Morgan fingerprint density at radius 2 is 0.889 bits per heavy atom. The van der Waals surface area contributed by atoms with Crippen molar-refractivity contribution in [2.45, 2.75) is 0 Å². The van der Waals surface area contributed by atoms with Gasteiger partial charge in [-0.15, -0.1) is 0 Å². The predicted molar refractivity (Wildman–Crippen MR) is 16.2 cm³/mol. The molecule has 0 amide bonds. The molecule has 0 radical (unpaired) electrons. The summed E-state index contributed by atoms with van der Waals surface area (Å²) < 4.78 is 0. The number of carbonyl (C=O) groups excluding carboxylic acids is 1. The Labute approximate surface area is 95.8 Å². The van der Waals surface area contributed by atoms with Gasteiger partial charge in [0.2, 0.25) is 0 Å². The van der Waals surface area contributed by atoms with Crippen LogP contribution >= 0.6 is 0 Å². The van der Waals surface area contributed by atoms with Gasteiger partial charge in [0, 0.05) is 0 Å². The second kappa shape index (κ2) is 35.3. The molecule has 9 heavy (non-hydrogen) atoms. The molecule has 6 nitrogen and oxygen atoms in total. The van der Waals surface area contributed by atoms with Gasteiger partial charge in [-0.3, -0.25) is 0 Å². The molecule has 0 atom stereocenters. The third-order valence-corrected chi connectivity index (χ3v) is 0. The Bertz CT molecular complexity index is 34.0. The normalized spacial score (nSPS) is 2.67. The zero-order chi connectivity index (χ0) is 3.58. The van der Waals surface area contributed by atoms with E-state index < -0.39 is 6.16 Å². The molecule has 0 heterocycles. The largest absolute Gasteiger partial charge is 1.00 e. The number of rotatable bonds is 0. The molecule has 0 unspecified atom stereocenters. The molecule has 6 N–H and O–H groups in total. The zero-order valence-electron chi connectivity index (χ0n) is 5.22. The van der Waals surface area contributed by atoms with Crippen LogP contribution in [0.15, 0.2) is 0 Å². The van der Waals surface area contributed by atoms with E-state index in [0.717, 1.165) is 0 Å². The van der Waals surface area contributed by atoms with Crippen molar-refractivity contribution in [3.8, 4) is 0 Å². The van der Waals surface area contributed by atoms with Crippen molar-refractivity contribution >= 4 is 6.16 Å². The van der Waals surface area contributed by atoms with Crippen molar-refractivity contribution in [2.75, 3.05) is 0 Å². The van der Waals surface area contributed by atoms with Crippen LogP contribution in [0.5, 0.6) is 0 Å². The minimum Gasteiger partial charge on any atom is -0.652 e. The Morgan fingerprint density at radius 3 is 0.889 bits per heavy atom. The standard InChI is InChI=1S/CH2O3.2Na.3H2O/c2-1(3)4;;;;;/h(H2,2,3,4);;;3*1H2/q;2*+1;;;/p-2. The van der Waals surface area contributed by atoms with Gasteiger partial charge in [0.05, 0.1) is 0 Å². The first-order valence-electron chi connectivity index (χ1n) is 0.612. The van der Waals surface area contributed by atoms with E-state index in [0.29, 0.717) is 0 Å². The van der Waals surface area contributed by atoms with E-state index in [-0.39, 0.29) is 75.5 Å². The molecule has 0 saturated heterocycles. The third kappa shape index (κ3) is 354. The molecule has 48 valence electrons. The molecule has 0 aromatic heterocycles. The van der Waals surface area contributed by atoms with Gasteiger partial charge < -0.3 is 31.4 Å². The van der Waals surface area contributed by atoms with Gasteiger partial charge in [-0.2, -0.15) is 0 Å². The fourth-order valence-corrected chi connectivity index (χ4v) is 0. The van der Waals surface area contributed by atoms with Crippen molar-refractivity contribution < 1.29 is 90.6 Å². The Morgan fingerprint density at radius 1 is 0.889 bits per heavy atom. The third-order valence-electron chi connectivity index (χ3n) is 0. The topological polar surface area (TPSA) is 158 Å². The van der Waals surface area contributed by atoms with E-state index in [1.54, 1.807) is 0 Å². The number of carboxylic acid groups (broad SMARTS) is 2. The van der Waals surface area contributed by atoms with Crippen LogP contribution in [0.3, 0.4) is 0 Å². The van der Waals surface area contributed by atoms with Gasteiger partial charge in [-0.1, -0.05) is 0 Å². The summed E-state index contributed by atoms with van der Waals surface area (Å²) in [6.45, 7) is 0. The van der Waals surface area contributed by atoms with Crippen LogP contribution < -0.4 is 69.3 Å². The van der Waals surface area contributed by atoms with E-state index in [4.69, 9.17) is 15.0 Å². The molecule has 0 aliphatic carbocycles. The maximum Gasteiger partial charge on any atom is 1.00 e. The van der Waals surface area contributed by atoms with E-state index >= 15 is 0 Å². The second-order valence-corrected chi connectivity index (χ2v) is 0.250. The molecule has 0 aromatic rings. The summed E-state index contributed by atoms with van der Waals surface area (Å²) in [6.07, 6.45) is -2.33. The van der Waals surface area contributed by atoms with Crippen molar-refractivity contribution in [1.82, 2.24) is 0 Å². The van der Waals surface area contributed by atoms with E-state index in [1.807, 2.05) is 0 Å². The summed E-state index contributed by atoms with van der Waals surface area (Å²) in [4.78, 5) is 8.33. The summed E-state index contributed by atoms with van der Waals surface area (Å²) in [6, 6.07) is 0. The van der Waals surface area contributed by atoms with E-state index in [9.17, 15) is 0 Å². The maximum atomic E-state index is 8.33. The molecule has 0 aromatic carbocycles. The zero-order valence-corrected chi connectivity index (χ0v) is 9.22. The Kier molecular flexibility index (Phi) is 193. The Hall–Kier alpha value is 1.15. The van der Waals surface area contributed by atoms with Crippen molar-refractivity contribution in [2.24, 2.45) is 0 Å². The summed E-state index contributed by atoms with van der Waals surface area (Å²) in [5, 5.41) is 16.7. The fourth-order valence-electron chi connectivity index (χ4n) is 0. The van der Waals surface area contributed by atoms with Gasteiger partial charge in [0.25, 0.3) is 0 Å². The molecule has 0 aliphatic rings. The van der Waals surface area contributed by atoms with Crippen molar-refractivity contribution in [3.63, 3.8) is 0 Å². The summed E-state index contributed by atoms with van der Waals surface area (Å²) in [5.74, 6) is 0. The van der Waals surface area contributed by atoms with Crippen LogP contribution in [0.25, 0.3) is 0 Å². The summed E-state index contributed by atoms with van der Waals surface area (Å²) in [5.41, 5.74) is 0. The summed E-state index contributed by atoms with van der Waals surface area (Å²) >= 11 is 0. The van der Waals surface area contributed by atoms with Crippen LogP contribution in [0, 0.1) is 0 Å². The van der Waals surface area contributed by atoms with Crippen LogP contribution in [-0.2, 0) is 0 Å². The minimum absolute atomic E-state index is 0. The first-order chi connectivity index (χ1) is 1.73. The molecule has 0 saturated carbocycles. The number of carbonyl (C=O) groups is 1. The van der Waals surface area contributed by atoms with E-state index in [1.165, 1.54) is 0 Å². The number of hydrogen-bond acceptors (Lipinski definition) is 3. The van der Waals surface area contributed by atoms with Crippen LogP contribution in [0.2, 0.25) is 0 Å². The van der Waals surface area contributed by atoms with Crippen LogP contribution in [-0.4, -0.2) is 22.6 Å². The van der Waals surface area contributed by atoms with Crippen molar-refractivity contribution in [1.29, 1.82) is 0 Å². The maximum absolute atomic E-state index is 8.33. The molecule has 0 rings (SSSR count). The molecular weight excluding hydrogens is 154 g/mol. The first kappa shape index (κ1) is 49.3. The molecule has 0 spiro atoms. The van der Waals surface area contributed by atoms with Crippen molar-refractivity contribution in [3.05, 3.63) is 0 Å². The van der Waals surface area contributed by atoms with E-state index in [2.05, 4.69) is 0 Å². The molecule has 0 fully saturated rings. The van der Waals surface area contributed by atoms with Crippen LogP contribution in [0.1, 0.15) is 0 Å². The van der Waals surface area contributed by atoms with Crippen LogP contribution in [0.4, 0.5) is 4.79 Å². The minimum atomic E-state index is -2.33. The quantitative estimate of drug-likeness (QED) is 0.322. The SMILES string of the molecule is O.O.O.O=C([O-])[O-].[Na+].[Na+]. The molecular formula is CH6Na2O6. The monoisotopic (exact) mass is 160 g/mol. The molecule has 8 heteroatoms. The fraction of sp³-hybridized carbons (Fsp3) is 0. The molecule has 0 aliphatic heterocycles. The Balaban J connectivity index is -0.00000000450. The van der Waals surface area contributed by atoms with Gasteiger partial charge in [-0.25, -0.2) is 0 Å². The predicted octanol–water partition coefficient (Wildman–Crippen LogP) is -10.9. The van der Waals surface area contributed by atoms with Gasteiger partial charge in [-0.05, 0) is 6.16 Å². The number of hydrogen-bond donors (Lipinski definition) is 0.